The van der Waals surface area contributed by atoms with Crippen LogP contribution in [0, 0.1) is 0 Å². The van der Waals surface area contributed by atoms with E-state index in [0.29, 0.717) is 56.1 Å². The van der Waals surface area contributed by atoms with E-state index in [-0.39, 0.29) is 11.5 Å². The molecule has 0 radical (unpaired) electrons. The Hall–Kier alpha value is -3.22. The highest BCUT2D eigenvalue weighted by atomic mass is 16.2. The third kappa shape index (κ3) is 3.47. The molecule has 0 saturated carbocycles. The number of pyridine rings is 1. The zero-order valence-corrected chi connectivity index (χ0v) is 15.9. The number of rotatable bonds is 4. The van der Waals surface area contributed by atoms with Crippen LogP contribution in [-0.4, -0.2) is 51.5 Å². The van der Waals surface area contributed by atoms with Crippen molar-refractivity contribution in [2.24, 2.45) is 0 Å². The molecule has 0 spiro atoms. The summed E-state index contributed by atoms with van der Waals surface area (Å²) in [5.74, 6) is 0.580. The molecule has 0 bridgehead atoms. The average Bonchev–Trinajstić information content (AvgIpc) is 2.76. The molecule has 1 aliphatic heterocycles. The number of carbonyl (C=O) groups is 1. The lowest BCUT2D eigenvalue weighted by Crippen LogP contribution is -2.50. The third-order valence-electron chi connectivity index (χ3n) is 5.10. The van der Waals surface area contributed by atoms with E-state index in [2.05, 4.69) is 9.97 Å². The van der Waals surface area contributed by atoms with Gasteiger partial charge in [-0.25, -0.2) is 9.97 Å². The highest BCUT2D eigenvalue weighted by molar-refractivity contribution is 5.76. The molecule has 3 aromatic rings. The second-order valence-electron chi connectivity index (χ2n) is 6.88. The Kier molecular flexibility index (Phi) is 5.06. The van der Waals surface area contributed by atoms with E-state index in [9.17, 15) is 9.59 Å². The van der Waals surface area contributed by atoms with E-state index in [1.54, 1.807) is 10.8 Å². The first-order chi connectivity index (χ1) is 13.7. The van der Waals surface area contributed by atoms with Crippen LogP contribution in [0.25, 0.3) is 11.2 Å². The molecule has 7 heteroatoms. The van der Waals surface area contributed by atoms with Crippen LogP contribution in [0.3, 0.4) is 0 Å². The van der Waals surface area contributed by atoms with Crippen molar-refractivity contribution in [2.75, 3.05) is 31.1 Å². The van der Waals surface area contributed by atoms with Gasteiger partial charge in [-0.3, -0.25) is 14.2 Å². The standard InChI is InChI=1S/C21H23N5O2/c1-2-18(27)24-11-13-25(14-12-24)20-21(28)26(15-16-7-4-3-5-8-16)19-17(23-20)9-6-10-22-19/h3-10H,2,11-15H2,1H3. The quantitative estimate of drug-likeness (QED) is 0.694. The molecule has 3 heterocycles. The Labute approximate surface area is 163 Å². The van der Waals surface area contributed by atoms with Crippen LogP contribution >= 0.6 is 0 Å². The highest BCUT2D eigenvalue weighted by Gasteiger charge is 2.24. The van der Waals surface area contributed by atoms with Gasteiger partial charge in [0.25, 0.3) is 5.56 Å². The molecule has 0 N–H and O–H groups in total. The summed E-state index contributed by atoms with van der Waals surface area (Å²) in [6, 6.07) is 13.6. The lowest BCUT2D eigenvalue weighted by Gasteiger charge is -2.35. The zero-order valence-electron chi connectivity index (χ0n) is 15.9. The Bertz CT molecular complexity index is 1040. The molecule has 0 unspecified atom stereocenters. The van der Waals surface area contributed by atoms with Crippen LogP contribution in [0.15, 0.2) is 53.5 Å². The second-order valence-corrected chi connectivity index (χ2v) is 6.88. The van der Waals surface area contributed by atoms with Crippen molar-refractivity contribution in [3.63, 3.8) is 0 Å². The van der Waals surface area contributed by atoms with Gasteiger partial charge < -0.3 is 9.80 Å². The minimum absolute atomic E-state index is 0.148. The molecule has 144 valence electrons. The lowest BCUT2D eigenvalue weighted by atomic mass is 10.2. The van der Waals surface area contributed by atoms with E-state index in [1.807, 2.05) is 59.2 Å². The maximum atomic E-state index is 13.3. The fraction of sp³-hybridized carbons (Fsp3) is 0.333. The average molecular weight is 377 g/mol. The molecule has 1 amide bonds. The summed E-state index contributed by atoms with van der Waals surface area (Å²) in [6.45, 7) is 4.73. The van der Waals surface area contributed by atoms with Crippen LogP contribution in [0.5, 0.6) is 0 Å². The number of nitrogens with zero attached hydrogens (tertiary/aromatic N) is 5. The number of carbonyl (C=O) groups excluding carboxylic acids is 1. The van der Waals surface area contributed by atoms with Gasteiger partial charge >= 0.3 is 0 Å². The van der Waals surface area contributed by atoms with Crippen molar-refractivity contribution < 1.29 is 4.79 Å². The minimum atomic E-state index is -0.148. The van der Waals surface area contributed by atoms with Gasteiger partial charge in [0.2, 0.25) is 5.91 Å². The molecule has 1 aliphatic rings. The van der Waals surface area contributed by atoms with Crippen LogP contribution < -0.4 is 10.5 Å². The van der Waals surface area contributed by atoms with Crippen molar-refractivity contribution in [2.45, 2.75) is 19.9 Å². The number of aromatic nitrogens is 3. The number of benzene rings is 1. The van der Waals surface area contributed by atoms with Crippen molar-refractivity contribution in [1.82, 2.24) is 19.4 Å². The van der Waals surface area contributed by atoms with Gasteiger partial charge in [-0.1, -0.05) is 37.3 Å². The summed E-state index contributed by atoms with van der Waals surface area (Å²) < 4.78 is 1.69. The van der Waals surface area contributed by atoms with E-state index in [1.165, 1.54) is 0 Å². The molecular weight excluding hydrogens is 354 g/mol. The Morgan fingerprint density at radius 1 is 1.04 bits per heavy atom. The zero-order chi connectivity index (χ0) is 19.5. The highest BCUT2D eigenvalue weighted by Crippen LogP contribution is 2.16. The smallest absolute Gasteiger partial charge is 0.295 e. The van der Waals surface area contributed by atoms with Crippen molar-refractivity contribution in [3.8, 4) is 0 Å². The molecule has 1 fully saturated rings. The molecule has 7 nitrogen and oxygen atoms in total. The number of fused-ring (bicyclic) bond motifs is 1. The number of hydrogen-bond donors (Lipinski definition) is 0. The maximum Gasteiger partial charge on any atom is 0.295 e. The number of piperazine rings is 1. The summed E-state index contributed by atoms with van der Waals surface area (Å²) in [4.78, 5) is 38.1. The first-order valence-electron chi connectivity index (χ1n) is 9.59. The number of hydrogen-bond acceptors (Lipinski definition) is 5. The Balaban J connectivity index is 1.71. The van der Waals surface area contributed by atoms with Crippen molar-refractivity contribution in [3.05, 3.63) is 64.6 Å². The van der Waals surface area contributed by atoms with Gasteiger partial charge in [-0.05, 0) is 17.7 Å². The third-order valence-corrected chi connectivity index (χ3v) is 5.10. The van der Waals surface area contributed by atoms with Gasteiger partial charge in [0, 0.05) is 38.8 Å². The second kappa shape index (κ2) is 7.80. The van der Waals surface area contributed by atoms with Crippen molar-refractivity contribution in [1.29, 1.82) is 0 Å². The summed E-state index contributed by atoms with van der Waals surface area (Å²) in [6.07, 6.45) is 2.18. The molecule has 1 saturated heterocycles. The van der Waals surface area contributed by atoms with E-state index in [0.717, 1.165) is 5.56 Å². The van der Waals surface area contributed by atoms with Gasteiger partial charge in [0.1, 0.15) is 5.52 Å². The largest absolute Gasteiger partial charge is 0.348 e. The topological polar surface area (TPSA) is 71.3 Å². The normalized spacial score (nSPS) is 14.5. The van der Waals surface area contributed by atoms with E-state index < -0.39 is 0 Å². The summed E-state index contributed by atoms with van der Waals surface area (Å²) in [5.41, 5.74) is 2.16. The fourth-order valence-electron chi connectivity index (χ4n) is 3.57. The first-order valence-corrected chi connectivity index (χ1v) is 9.59. The van der Waals surface area contributed by atoms with Gasteiger partial charge in [0.05, 0.1) is 6.54 Å². The van der Waals surface area contributed by atoms with Gasteiger partial charge in [0.15, 0.2) is 11.5 Å². The molecular formula is C21H23N5O2. The SMILES string of the molecule is CCC(=O)N1CCN(c2nc3cccnc3n(Cc3ccccc3)c2=O)CC1. The number of amides is 1. The van der Waals surface area contributed by atoms with Crippen molar-refractivity contribution >= 4 is 22.9 Å². The Morgan fingerprint density at radius 3 is 2.50 bits per heavy atom. The predicted molar refractivity (Wildman–Crippen MR) is 108 cm³/mol. The molecule has 0 aliphatic carbocycles. The maximum absolute atomic E-state index is 13.3. The Morgan fingerprint density at radius 2 is 1.79 bits per heavy atom. The molecule has 2 aromatic heterocycles. The van der Waals surface area contributed by atoms with E-state index in [4.69, 9.17) is 0 Å². The predicted octanol–water partition coefficient (Wildman–Crippen LogP) is 1.90. The fourth-order valence-corrected chi connectivity index (χ4v) is 3.57. The summed E-state index contributed by atoms with van der Waals surface area (Å²) in [7, 11) is 0. The van der Waals surface area contributed by atoms with Crippen LogP contribution in [0.4, 0.5) is 5.82 Å². The van der Waals surface area contributed by atoms with Crippen LogP contribution in [0.1, 0.15) is 18.9 Å². The molecule has 28 heavy (non-hydrogen) atoms. The van der Waals surface area contributed by atoms with Gasteiger partial charge in [-0.15, -0.1) is 0 Å². The summed E-state index contributed by atoms with van der Waals surface area (Å²) in [5, 5.41) is 0. The van der Waals surface area contributed by atoms with E-state index >= 15 is 0 Å². The monoisotopic (exact) mass is 377 g/mol. The minimum Gasteiger partial charge on any atom is -0.348 e. The van der Waals surface area contributed by atoms with Gasteiger partial charge in [-0.2, -0.15) is 0 Å². The van der Waals surface area contributed by atoms with Crippen LogP contribution in [-0.2, 0) is 11.3 Å². The first kappa shape index (κ1) is 18.2. The molecule has 0 atom stereocenters. The molecule has 1 aromatic carbocycles. The lowest BCUT2D eigenvalue weighted by molar-refractivity contribution is -0.131. The number of anilines is 1. The summed E-state index contributed by atoms with van der Waals surface area (Å²) >= 11 is 0. The molecule has 4 rings (SSSR count). The van der Waals surface area contributed by atoms with Crippen LogP contribution in [0.2, 0.25) is 0 Å².